The van der Waals surface area contributed by atoms with Crippen molar-refractivity contribution in [3.63, 3.8) is 0 Å². The zero-order valence-corrected chi connectivity index (χ0v) is 5.65. The minimum Gasteiger partial charge on any atom is -0.430 e. The minimum absolute atomic E-state index is 0.123. The highest BCUT2D eigenvalue weighted by atomic mass is 35.5. The van der Waals surface area contributed by atoms with E-state index in [1.54, 1.807) is 0 Å². The number of carbonyl (C=O) groups is 1. The highest BCUT2D eigenvalue weighted by Crippen LogP contribution is 2.27. The molecule has 0 bridgehead atoms. The second-order valence-electron chi connectivity index (χ2n) is 1.92. The third kappa shape index (κ3) is 1.08. The number of ether oxygens (including phenoxy) is 1. The fourth-order valence-corrected chi connectivity index (χ4v) is 0.951. The largest absolute Gasteiger partial charge is 0.430 e. The second kappa shape index (κ2) is 2.40. The lowest BCUT2D eigenvalue weighted by molar-refractivity contribution is -0.156. The molecule has 0 radical (unpaired) electrons. The Labute approximate surface area is 58.4 Å². The number of alkyl halides is 1. The van der Waals surface area contributed by atoms with E-state index in [1.807, 2.05) is 0 Å². The molecule has 0 aliphatic carbocycles. The molecule has 1 saturated heterocycles. The number of esters is 1. The van der Waals surface area contributed by atoms with Crippen molar-refractivity contribution in [2.45, 2.75) is 6.42 Å². The van der Waals surface area contributed by atoms with Crippen LogP contribution in [0.4, 0.5) is 0 Å². The minimum atomic E-state index is -0.194. The molecule has 1 aliphatic heterocycles. The summed E-state index contributed by atoms with van der Waals surface area (Å²) in [6, 6.07) is 0. The molecule has 50 valence electrons. The molecule has 0 aromatic heterocycles. The van der Waals surface area contributed by atoms with E-state index >= 15 is 0 Å². The Morgan fingerprint density at radius 3 is 2.67 bits per heavy atom. The van der Waals surface area contributed by atoms with E-state index in [9.17, 15) is 4.79 Å². The molecule has 1 rings (SSSR count). The highest BCUT2D eigenvalue weighted by Gasteiger charge is 2.34. The zero-order chi connectivity index (χ0) is 6.85. The van der Waals surface area contributed by atoms with E-state index in [0.717, 1.165) is 0 Å². The van der Waals surface area contributed by atoms with Crippen molar-refractivity contribution in [3.05, 3.63) is 12.3 Å². The van der Waals surface area contributed by atoms with E-state index in [4.69, 9.17) is 11.6 Å². The summed E-state index contributed by atoms with van der Waals surface area (Å²) in [6.45, 7) is 3.51. The van der Waals surface area contributed by atoms with E-state index in [2.05, 4.69) is 11.3 Å². The first-order chi connectivity index (χ1) is 4.25. The third-order valence-electron chi connectivity index (χ3n) is 1.30. The van der Waals surface area contributed by atoms with Gasteiger partial charge in [0.1, 0.15) is 11.7 Å². The Hall–Kier alpha value is -0.500. The molecule has 0 aromatic carbocycles. The van der Waals surface area contributed by atoms with Crippen molar-refractivity contribution in [3.8, 4) is 0 Å². The van der Waals surface area contributed by atoms with E-state index in [-0.39, 0.29) is 11.9 Å². The van der Waals surface area contributed by atoms with Crippen LogP contribution in [-0.2, 0) is 9.53 Å². The summed E-state index contributed by atoms with van der Waals surface area (Å²) in [5.41, 5.74) is 0. The van der Waals surface area contributed by atoms with Gasteiger partial charge in [0.2, 0.25) is 0 Å². The highest BCUT2D eigenvalue weighted by molar-refractivity contribution is 6.18. The normalized spacial score (nSPS) is 25.2. The molecule has 0 N–H and O–H groups in total. The van der Waals surface area contributed by atoms with Crippen LogP contribution in [0.5, 0.6) is 0 Å². The lowest BCUT2D eigenvalue weighted by Gasteiger charge is -2.25. The average molecular weight is 147 g/mol. The van der Waals surface area contributed by atoms with Gasteiger partial charge in [0.15, 0.2) is 0 Å². The number of hydrogen-bond acceptors (Lipinski definition) is 2. The zero-order valence-electron chi connectivity index (χ0n) is 4.89. The SMILES string of the molecule is C=C1OC(=O)[C@@H]1CCCl. The third-order valence-corrected chi connectivity index (χ3v) is 1.52. The van der Waals surface area contributed by atoms with Crippen LogP contribution in [0.3, 0.4) is 0 Å². The summed E-state index contributed by atoms with van der Waals surface area (Å²) >= 11 is 5.39. The first-order valence-electron chi connectivity index (χ1n) is 2.72. The molecule has 0 spiro atoms. The summed E-state index contributed by atoms with van der Waals surface area (Å²) < 4.78 is 4.51. The van der Waals surface area contributed by atoms with Gasteiger partial charge < -0.3 is 4.74 Å². The topological polar surface area (TPSA) is 26.3 Å². The number of hydrogen-bond donors (Lipinski definition) is 0. The van der Waals surface area contributed by atoms with Gasteiger partial charge in [-0.2, -0.15) is 0 Å². The Kier molecular flexibility index (Phi) is 1.76. The van der Waals surface area contributed by atoms with E-state index in [0.29, 0.717) is 18.1 Å². The van der Waals surface area contributed by atoms with Crippen molar-refractivity contribution >= 4 is 17.6 Å². The average Bonchev–Trinajstić information content (AvgIpc) is 1.84. The van der Waals surface area contributed by atoms with Gasteiger partial charge in [0, 0.05) is 5.88 Å². The Bertz CT molecular complexity index is 139. The van der Waals surface area contributed by atoms with Gasteiger partial charge in [0.25, 0.3) is 0 Å². The van der Waals surface area contributed by atoms with Crippen molar-refractivity contribution in [1.29, 1.82) is 0 Å². The van der Waals surface area contributed by atoms with Crippen LogP contribution in [0.25, 0.3) is 0 Å². The first kappa shape index (κ1) is 6.62. The number of halogens is 1. The van der Waals surface area contributed by atoms with Crippen LogP contribution in [-0.4, -0.2) is 11.8 Å². The van der Waals surface area contributed by atoms with Crippen LogP contribution in [0.1, 0.15) is 6.42 Å². The summed E-state index contributed by atoms with van der Waals surface area (Å²) in [5, 5.41) is 0. The van der Waals surface area contributed by atoms with Crippen LogP contribution < -0.4 is 0 Å². The van der Waals surface area contributed by atoms with Crippen molar-refractivity contribution in [1.82, 2.24) is 0 Å². The van der Waals surface area contributed by atoms with Gasteiger partial charge >= 0.3 is 5.97 Å². The van der Waals surface area contributed by atoms with Gasteiger partial charge in [-0.05, 0) is 6.42 Å². The number of rotatable bonds is 2. The van der Waals surface area contributed by atoms with Crippen LogP contribution in [0, 0.1) is 5.92 Å². The molecule has 0 unspecified atom stereocenters. The van der Waals surface area contributed by atoms with Gasteiger partial charge in [-0.3, -0.25) is 4.79 Å². The quantitative estimate of drug-likeness (QED) is 0.434. The lowest BCUT2D eigenvalue weighted by atomic mass is 10.0. The maximum atomic E-state index is 10.5. The fourth-order valence-electron chi connectivity index (χ4n) is 0.733. The predicted molar refractivity (Wildman–Crippen MR) is 34.1 cm³/mol. The maximum Gasteiger partial charge on any atom is 0.321 e. The molecule has 0 saturated carbocycles. The molecule has 2 nitrogen and oxygen atoms in total. The van der Waals surface area contributed by atoms with Crippen molar-refractivity contribution in [2.75, 3.05) is 5.88 Å². The smallest absolute Gasteiger partial charge is 0.321 e. The van der Waals surface area contributed by atoms with Crippen molar-refractivity contribution < 1.29 is 9.53 Å². The Morgan fingerprint density at radius 2 is 2.44 bits per heavy atom. The maximum absolute atomic E-state index is 10.5. The molecule has 3 heteroatoms. The van der Waals surface area contributed by atoms with Crippen LogP contribution in [0.15, 0.2) is 12.3 Å². The summed E-state index contributed by atoms with van der Waals surface area (Å²) in [6.07, 6.45) is 0.652. The van der Waals surface area contributed by atoms with Crippen molar-refractivity contribution in [2.24, 2.45) is 5.92 Å². The molecule has 0 aromatic rings. The molecular formula is C6H7ClO2. The molecule has 1 fully saturated rings. The lowest BCUT2D eigenvalue weighted by Crippen LogP contribution is -2.31. The van der Waals surface area contributed by atoms with E-state index in [1.165, 1.54) is 0 Å². The number of cyclic esters (lactones) is 1. The molecule has 1 heterocycles. The molecule has 9 heavy (non-hydrogen) atoms. The Balaban J connectivity index is 2.39. The van der Waals surface area contributed by atoms with E-state index < -0.39 is 0 Å². The standard InChI is InChI=1S/C6H7ClO2/c1-4-5(2-3-7)6(8)9-4/h5H,1-3H2/t5-/m1/s1. The fraction of sp³-hybridized carbons (Fsp3) is 0.500. The van der Waals surface area contributed by atoms with Gasteiger partial charge in [-0.25, -0.2) is 0 Å². The monoisotopic (exact) mass is 146 g/mol. The Morgan fingerprint density at radius 1 is 1.78 bits per heavy atom. The second-order valence-corrected chi connectivity index (χ2v) is 2.30. The van der Waals surface area contributed by atoms with Gasteiger partial charge in [-0.15, -0.1) is 11.6 Å². The van der Waals surface area contributed by atoms with Gasteiger partial charge in [-0.1, -0.05) is 6.58 Å². The van der Waals surface area contributed by atoms with Crippen LogP contribution >= 0.6 is 11.6 Å². The molecule has 1 aliphatic rings. The van der Waals surface area contributed by atoms with Crippen LogP contribution in [0.2, 0.25) is 0 Å². The van der Waals surface area contributed by atoms with Gasteiger partial charge in [0.05, 0.1) is 0 Å². The summed E-state index contributed by atoms with van der Waals surface area (Å²) in [7, 11) is 0. The molecule has 1 atom stereocenters. The summed E-state index contributed by atoms with van der Waals surface area (Å²) in [4.78, 5) is 10.5. The predicted octanol–water partition coefficient (Wildman–Crippen LogP) is 1.30. The molecular weight excluding hydrogens is 140 g/mol. The first-order valence-corrected chi connectivity index (χ1v) is 3.25. The summed E-state index contributed by atoms with van der Waals surface area (Å²) in [5.74, 6) is 0.725. The molecule has 0 amide bonds. The number of carbonyl (C=O) groups excluding carboxylic acids is 1.